The molecule has 2 saturated heterocycles. The van der Waals surface area contributed by atoms with Gasteiger partial charge in [-0.1, -0.05) is 13.8 Å². The summed E-state index contributed by atoms with van der Waals surface area (Å²) in [4.78, 5) is 27.3. The fraction of sp³-hybridized carbons (Fsp3) is 0.867. The topological polar surface area (TPSA) is 60.9 Å². The lowest BCUT2D eigenvalue weighted by atomic mass is 9.87. The third kappa shape index (κ3) is 2.91. The fourth-order valence-corrected chi connectivity index (χ4v) is 3.26. The molecule has 2 fully saturated rings. The van der Waals surface area contributed by atoms with E-state index >= 15 is 0 Å². The molecule has 0 aromatic carbocycles. The van der Waals surface area contributed by atoms with Crippen LogP contribution in [-0.2, 0) is 4.79 Å². The minimum atomic E-state index is -0.800. The lowest BCUT2D eigenvalue weighted by Gasteiger charge is -2.36. The Morgan fingerprint density at radius 2 is 1.75 bits per heavy atom. The number of amides is 2. The van der Waals surface area contributed by atoms with E-state index in [0.29, 0.717) is 31.3 Å². The molecule has 0 saturated carbocycles. The maximum atomic E-state index is 12.4. The Hall–Kier alpha value is -1.26. The van der Waals surface area contributed by atoms with E-state index < -0.39 is 11.4 Å². The third-order valence-electron chi connectivity index (χ3n) is 5.01. The van der Waals surface area contributed by atoms with Crippen LogP contribution >= 0.6 is 0 Å². The molecule has 2 heterocycles. The van der Waals surface area contributed by atoms with Crippen molar-refractivity contribution in [2.45, 2.75) is 40.0 Å². The van der Waals surface area contributed by atoms with Crippen LogP contribution in [0.3, 0.4) is 0 Å². The van der Waals surface area contributed by atoms with Crippen LogP contribution < -0.4 is 0 Å². The molecular weight excluding hydrogens is 256 g/mol. The number of carbonyl (C=O) groups is 2. The average molecular weight is 282 g/mol. The largest absolute Gasteiger partial charge is 0.481 e. The minimum Gasteiger partial charge on any atom is -0.481 e. The zero-order chi connectivity index (χ0) is 14.9. The summed E-state index contributed by atoms with van der Waals surface area (Å²) < 4.78 is 0. The number of nitrogens with zero attached hydrogens (tertiary/aromatic N) is 2. The monoisotopic (exact) mass is 282 g/mol. The predicted octanol–water partition coefficient (Wildman–Crippen LogP) is 2.27. The molecule has 1 N–H and O–H groups in total. The lowest BCUT2D eigenvalue weighted by Crippen LogP contribution is -2.47. The molecule has 1 unspecified atom stereocenters. The second-order valence-electron chi connectivity index (χ2n) is 6.89. The first-order valence-corrected chi connectivity index (χ1v) is 7.61. The lowest BCUT2D eigenvalue weighted by molar-refractivity contribution is -0.147. The van der Waals surface area contributed by atoms with Gasteiger partial charge in [-0.25, -0.2) is 4.79 Å². The molecule has 2 aliphatic heterocycles. The Labute approximate surface area is 120 Å². The second-order valence-corrected chi connectivity index (χ2v) is 6.89. The van der Waals surface area contributed by atoms with Crippen molar-refractivity contribution in [2.24, 2.45) is 17.3 Å². The molecule has 2 aliphatic rings. The Kier molecular flexibility index (Phi) is 4.25. The highest BCUT2D eigenvalue weighted by atomic mass is 16.4. The van der Waals surface area contributed by atoms with Gasteiger partial charge in [0.2, 0.25) is 0 Å². The van der Waals surface area contributed by atoms with E-state index in [-0.39, 0.29) is 6.03 Å². The van der Waals surface area contributed by atoms with Gasteiger partial charge < -0.3 is 14.9 Å². The van der Waals surface area contributed by atoms with Crippen LogP contribution in [0.5, 0.6) is 0 Å². The van der Waals surface area contributed by atoms with E-state index in [1.54, 1.807) is 11.8 Å². The SMILES string of the molecule is CC(C)C1CCN(C(=O)N2CCC(C)(C(=O)O)C2)CC1. The molecule has 5 nitrogen and oxygen atoms in total. The van der Waals surface area contributed by atoms with Gasteiger partial charge in [-0.2, -0.15) is 0 Å². The van der Waals surface area contributed by atoms with E-state index in [4.69, 9.17) is 0 Å². The molecule has 2 amide bonds. The Balaban J connectivity index is 1.89. The number of piperidine rings is 1. The number of carbonyl (C=O) groups excluding carboxylic acids is 1. The number of likely N-dealkylation sites (tertiary alicyclic amines) is 2. The maximum Gasteiger partial charge on any atom is 0.320 e. The van der Waals surface area contributed by atoms with E-state index in [0.717, 1.165) is 25.9 Å². The van der Waals surface area contributed by atoms with Crippen LogP contribution in [0.4, 0.5) is 4.79 Å². The summed E-state index contributed by atoms with van der Waals surface area (Å²) in [6.07, 6.45) is 2.68. The van der Waals surface area contributed by atoms with Crippen molar-refractivity contribution in [1.82, 2.24) is 9.80 Å². The summed E-state index contributed by atoms with van der Waals surface area (Å²) in [5, 5.41) is 9.23. The highest BCUT2D eigenvalue weighted by Gasteiger charge is 2.43. The number of hydrogen-bond donors (Lipinski definition) is 1. The first-order chi connectivity index (χ1) is 9.33. The number of urea groups is 1. The van der Waals surface area contributed by atoms with Gasteiger partial charge in [0.1, 0.15) is 0 Å². The maximum absolute atomic E-state index is 12.4. The Morgan fingerprint density at radius 3 is 2.20 bits per heavy atom. The number of carboxylic acid groups (broad SMARTS) is 1. The van der Waals surface area contributed by atoms with Gasteiger partial charge in [0.25, 0.3) is 0 Å². The zero-order valence-electron chi connectivity index (χ0n) is 12.8. The van der Waals surface area contributed by atoms with Crippen LogP contribution in [0.1, 0.15) is 40.0 Å². The van der Waals surface area contributed by atoms with E-state index in [1.165, 1.54) is 0 Å². The van der Waals surface area contributed by atoms with Crippen LogP contribution in [-0.4, -0.2) is 53.1 Å². The van der Waals surface area contributed by atoms with E-state index in [2.05, 4.69) is 13.8 Å². The number of aliphatic carboxylic acids is 1. The minimum absolute atomic E-state index is 0.0252. The van der Waals surface area contributed by atoms with Gasteiger partial charge in [-0.05, 0) is 38.0 Å². The Bertz CT molecular complexity index is 389. The van der Waals surface area contributed by atoms with Crippen molar-refractivity contribution in [1.29, 1.82) is 0 Å². The van der Waals surface area contributed by atoms with E-state index in [1.807, 2.05) is 4.90 Å². The van der Waals surface area contributed by atoms with Crippen molar-refractivity contribution in [2.75, 3.05) is 26.2 Å². The van der Waals surface area contributed by atoms with Gasteiger partial charge in [0, 0.05) is 26.2 Å². The highest BCUT2D eigenvalue weighted by Crippen LogP contribution is 2.32. The summed E-state index contributed by atoms with van der Waals surface area (Å²) in [5.41, 5.74) is -0.772. The molecule has 0 radical (unpaired) electrons. The first kappa shape index (κ1) is 15.1. The van der Waals surface area contributed by atoms with Gasteiger partial charge >= 0.3 is 12.0 Å². The third-order valence-corrected chi connectivity index (χ3v) is 5.01. The Morgan fingerprint density at radius 1 is 1.15 bits per heavy atom. The van der Waals surface area contributed by atoms with Gasteiger partial charge in [-0.15, -0.1) is 0 Å². The molecule has 20 heavy (non-hydrogen) atoms. The van der Waals surface area contributed by atoms with Crippen molar-refractivity contribution in [3.05, 3.63) is 0 Å². The average Bonchev–Trinajstić information content (AvgIpc) is 2.82. The van der Waals surface area contributed by atoms with Crippen LogP contribution in [0.15, 0.2) is 0 Å². The molecule has 0 aromatic rings. The van der Waals surface area contributed by atoms with Crippen molar-refractivity contribution >= 4 is 12.0 Å². The summed E-state index contributed by atoms with van der Waals surface area (Å²) in [5.74, 6) is 0.586. The van der Waals surface area contributed by atoms with Crippen molar-refractivity contribution < 1.29 is 14.7 Å². The summed E-state index contributed by atoms with van der Waals surface area (Å²) in [7, 11) is 0. The standard InChI is InChI=1S/C15H26N2O3/c1-11(2)12-4-7-16(8-5-12)14(20)17-9-6-15(3,10-17)13(18)19/h11-12H,4-10H2,1-3H3,(H,18,19). The van der Waals surface area contributed by atoms with Crippen LogP contribution in [0, 0.1) is 17.3 Å². The molecule has 0 aliphatic carbocycles. The quantitative estimate of drug-likeness (QED) is 0.845. The van der Waals surface area contributed by atoms with Crippen molar-refractivity contribution in [3.63, 3.8) is 0 Å². The molecule has 0 aromatic heterocycles. The van der Waals surface area contributed by atoms with Crippen LogP contribution in [0.2, 0.25) is 0 Å². The highest BCUT2D eigenvalue weighted by molar-refractivity contribution is 5.79. The predicted molar refractivity (Wildman–Crippen MR) is 76.5 cm³/mol. The molecular formula is C15H26N2O3. The van der Waals surface area contributed by atoms with Gasteiger partial charge in [-0.3, -0.25) is 4.79 Å². The number of rotatable bonds is 2. The fourth-order valence-electron chi connectivity index (χ4n) is 3.26. The normalized spacial score (nSPS) is 28.2. The molecule has 114 valence electrons. The zero-order valence-corrected chi connectivity index (χ0v) is 12.8. The number of carboxylic acids is 1. The molecule has 2 rings (SSSR count). The summed E-state index contributed by atoms with van der Waals surface area (Å²) in [6.45, 7) is 8.72. The molecule has 5 heteroatoms. The molecule has 0 bridgehead atoms. The molecule has 0 spiro atoms. The van der Waals surface area contributed by atoms with Crippen molar-refractivity contribution in [3.8, 4) is 0 Å². The molecule has 1 atom stereocenters. The second kappa shape index (κ2) is 5.62. The smallest absolute Gasteiger partial charge is 0.320 e. The number of hydrogen-bond acceptors (Lipinski definition) is 2. The van der Waals surface area contributed by atoms with Gasteiger partial charge in [0.15, 0.2) is 0 Å². The summed E-state index contributed by atoms with van der Waals surface area (Å²) in [6, 6.07) is 0.0252. The van der Waals surface area contributed by atoms with E-state index in [9.17, 15) is 14.7 Å². The summed E-state index contributed by atoms with van der Waals surface area (Å²) >= 11 is 0. The van der Waals surface area contributed by atoms with Crippen LogP contribution in [0.25, 0.3) is 0 Å². The van der Waals surface area contributed by atoms with Gasteiger partial charge in [0.05, 0.1) is 5.41 Å². The first-order valence-electron chi connectivity index (χ1n) is 7.61.